The van der Waals surface area contributed by atoms with Crippen molar-refractivity contribution in [2.24, 2.45) is 0 Å². The summed E-state index contributed by atoms with van der Waals surface area (Å²) in [6, 6.07) is 12.9. The Kier molecular flexibility index (Phi) is 9.11. The van der Waals surface area contributed by atoms with Crippen LogP contribution < -0.4 is 4.74 Å². The lowest BCUT2D eigenvalue weighted by Crippen LogP contribution is -2.03. The van der Waals surface area contributed by atoms with Gasteiger partial charge in [0, 0.05) is 25.0 Å². The third-order valence-corrected chi connectivity index (χ3v) is 6.27. The number of aryl methyl sites for hydroxylation is 2. The van der Waals surface area contributed by atoms with Crippen LogP contribution in [0.15, 0.2) is 71.6 Å². The molecule has 0 N–H and O–H groups in total. The van der Waals surface area contributed by atoms with E-state index in [1.165, 1.54) is 24.0 Å². The van der Waals surface area contributed by atoms with Gasteiger partial charge < -0.3 is 13.7 Å². The number of hydrogen-bond acceptors (Lipinski definition) is 5. The highest BCUT2D eigenvalue weighted by atomic mass is 32.2. The van der Waals surface area contributed by atoms with E-state index in [2.05, 4.69) is 32.9 Å². The van der Waals surface area contributed by atoms with Gasteiger partial charge in [0.1, 0.15) is 30.1 Å². The molecule has 0 aliphatic carbocycles. The molecule has 0 unspecified atom stereocenters. The number of rotatable bonds is 12. The average Bonchev–Trinajstić information content (AvgIpc) is 3.54. The number of halogens is 3. The zero-order chi connectivity index (χ0) is 26.1. The largest absolute Gasteiger partial charge is 0.487 e. The van der Waals surface area contributed by atoms with Gasteiger partial charge in [0.15, 0.2) is 0 Å². The summed E-state index contributed by atoms with van der Waals surface area (Å²) in [6.45, 7) is 1.23. The summed E-state index contributed by atoms with van der Waals surface area (Å²) in [5.41, 5.74) is 1.82. The molecule has 0 saturated heterocycles. The topological polar surface area (TPSA) is 53.1 Å². The van der Waals surface area contributed by atoms with Gasteiger partial charge >= 0.3 is 6.18 Å². The lowest BCUT2D eigenvalue weighted by Gasteiger charge is -2.08. The Morgan fingerprint density at radius 3 is 2.54 bits per heavy atom. The molecule has 0 fully saturated rings. The van der Waals surface area contributed by atoms with Gasteiger partial charge in [-0.3, -0.25) is 0 Å². The summed E-state index contributed by atoms with van der Waals surface area (Å²) in [5, 5.41) is 0. The third kappa shape index (κ3) is 8.01. The predicted molar refractivity (Wildman–Crippen MR) is 140 cm³/mol. The van der Waals surface area contributed by atoms with Crippen LogP contribution in [0.3, 0.4) is 0 Å². The second-order valence-corrected chi connectivity index (χ2v) is 9.36. The Hall–Kier alpha value is -3.46. The van der Waals surface area contributed by atoms with E-state index in [0.29, 0.717) is 17.1 Å². The molecule has 194 valence electrons. The van der Waals surface area contributed by atoms with Crippen LogP contribution in [-0.4, -0.2) is 20.8 Å². The molecule has 0 amide bonds. The number of hydrogen-bond donors (Lipinski definition) is 0. The maximum atomic E-state index is 12.7. The minimum atomic E-state index is -4.35. The molecule has 4 rings (SSSR count). The van der Waals surface area contributed by atoms with Gasteiger partial charge in [-0.2, -0.15) is 24.9 Å². The fourth-order valence-electron chi connectivity index (χ4n) is 3.75. The number of nitrogens with zero attached hydrogens (tertiary/aromatic N) is 3. The smallest absolute Gasteiger partial charge is 0.416 e. The van der Waals surface area contributed by atoms with Gasteiger partial charge in [-0.15, -0.1) is 0 Å². The van der Waals surface area contributed by atoms with E-state index in [1.807, 2.05) is 24.5 Å². The van der Waals surface area contributed by atoms with Crippen molar-refractivity contribution in [2.45, 2.75) is 44.3 Å². The first-order chi connectivity index (χ1) is 17.9. The van der Waals surface area contributed by atoms with E-state index in [4.69, 9.17) is 9.15 Å². The lowest BCUT2D eigenvalue weighted by molar-refractivity contribution is -0.137. The molecule has 5 nitrogen and oxygen atoms in total. The first-order valence-electron chi connectivity index (χ1n) is 11.9. The highest BCUT2D eigenvalue weighted by Gasteiger charge is 2.29. The number of imidazole rings is 1. The van der Waals surface area contributed by atoms with Crippen LogP contribution >= 0.6 is 11.8 Å². The summed E-state index contributed by atoms with van der Waals surface area (Å²) in [6.07, 6.45) is 9.61. The highest BCUT2D eigenvalue weighted by Crippen LogP contribution is 2.29. The molecule has 0 spiro atoms. The molecule has 0 aliphatic rings. The Balaban J connectivity index is 1.19. The Labute approximate surface area is 218 Å². The molecule has 2 aromatic heterocycles. The number of oxazole rings is 1. The van der Waals surface area contributed by atoms with Crippen LogP contribution in [0.5, 0.6) is 5.75 Å². The quantitative estimate of drug-likeness (QED) is 0.178. The van der Waals surface area contributed by atoms with Gasteiger partial charge in [0.2, 0.25) is 5.89 Å². The maximum absolute atomic E-state index is 12.7. The van der Waals surface area contributed by atoms with Crippen molar-refractivity contribution in [3.05, 3.63) is 101 Å². The normalized spacial score (nSPS) is 11.9. The summed E-state index contributed by atoms with van der Waals surface area (Å²) in [4.78, 5) is 8.74. The number of alkyl halides is 3. The Morgan fingerprint density at radius 1 is 1.03 bits per heavy atom. The highest BCUT2D eigenvalue weighted by molar-refractivity contribution is 7.97. The minimum absolute atomic E-state index is 0.250. The molecular formula is C28H28F3N3O2S. The molecule has 0 saturated carbocycles. The van der Waals surface area contributed by atoms with Crippen molar-refractivity contribution in [2.75, 3.05) is 6.26 Å². The summed E-state index contributed by atoms with van der Waals surface area (Å²) in [7, 11) is 0. The van der Waals surface area contributed by atoms with Crippen LogP contribution in [0.2, 0.25) is 0 Å². The molecule has 9 heteroatoms. The second kappa shape index (κ2) is 12.7. The molecule has 0 aliphatic heterocycles. The third-order valence-electron chi connectivity index (χ3n) is 5.73. The summed E-state index contributed by atoms with van der Waals surface area (Å²) >= 11 is 1.78. The molecule has 2 aromatic carbocycles. The van der Waals surface area contributed by atoms with Gasteiger partial charge in [0.25, 0.3) is 0 Å². The van der Waals surface area contributed by atoms with Crippen molar-refractivity contribution in [3.63, 3.8) is 0 Å². The number of thioether (sulfide) groups is 1. The molecule has 0 bridgehead atoms. The van der Waals surface area contributed by atoms with E-state index in [0.717, 1.165) is 55.3 Å². The first kappa shape index (κ1) is 26.6. The van der Waals surface area contributed by atoms with E-state index in [9.17, 15) is 13.2 Å². The molecule has 0 radical (unpaired) electrons. The van der Waals surface area contributed by atoms with Crippen LogP contribution in [0, 0.1) is 0 Å². The van der Waals surface area contributed by atoms with Gasteiger partial charge in [-0.05, 0) is 67.0 Å². The number of ether oxygens (including phenoxy) is 1. The van der Waals surface area contributed by atoms with Crippen LogP contribution in [-0.2, 0) is 31.5 Å². The SMILES string of the molecule is CSCc1nccn1CCCCc1ccc(OCc2coc(C=Cc3ccc(C(F)(F)F)cc3)n2)cc1. The van der Waals surface area contributed by atoms with Crippen LogP contribution in [0.25, 0.3) is 12.2 Å². The fraction of sp³-hybridized carbons (Fsp3) is 0.286. The van der Waals surface area contributed by atoms with Crippen molar-refractivity contribution >= 4 is 23.9 Å². The standard InChI is InChI=1S/C28H28F3N3O2S/c1-37-20-26-32-15-17-34(26)16-3-2-4-21-7-12-25(13-8-21)35-18-24-19-36-27(33-24)14-9-22-5-10-23(11-6-22)28(29,30)31/h5-15,17,19H,2-4,16,18,20H2,1H3. The number of aromatic nitrogens is 3. The predicted octanol–water partition coefficient (Wildman–Crippen LogP) is 7.53. The average molecular weight is 528 g/mol. The Bertz CT molecular complexity index is 1280. The van der Waals surface area contributed by atoms with Crippen LogP contribution in [0.4, 0.5) is 13.2 Å². The number of benzene rings is 2. The monoisotopic (exact) mass is 527 g/mol. The molecular weight excluding hydrogens is 499 g/mol. The Morgan fingerprint density at radius 2 is 1.81 bits per heavy atom. The van der Waals surface area contributed by atoms with Crippen molar-refractivity contribution in [1.29, 1.82) is 0 Å². The molecule has 2 heterocycles. The molecule has 0 atom stereocenters. The summed E-state index contributed by atoms with van der Waals surface area (Å²) in [5.74, 6) is 3.16. The zero-order valence-corrected chi connectivity index (χ0v) is 21.3. The maximum Gasteiger partial charge on any atom is 0.416 e. The van der Waals surface area contributed by atoms with Crippen molar-refractivity contribution < 1.29 is 22.3 Å². The van der Waals surface area contributed by atoms with E-state index in [-0.39, 0.29) is 6.61 Å². The minimum Gasteiger partial charge on any atom is -0.487 e. The van der Waals surface area contributed by atoms with Gasteiger partial charge in [0.05, 0.1) is 11.3 Å². The van der Waals surface area contributed by atoms with Gasteiger partial charge in [-0.25, -0.2) is 9.97 Å². The molecule has 4 aromatic rings. The molecule has 37 heavy (non-hydrogen) atoms. The number of unbranched alkanes of at least 4 members (excludes halogenated alkanes) is 1. The van der Waals surface area contributed by atoms with Crippen molar-refractivity contribution in [3.8, 4) is 5.75 Å². The first-order valence-corrected chi connectivity index (χ1v) is 13.3. The lowest BCUT2D eigenvalue weighted by atomic mass is 10.1. The van der Waals surface area contributed by atoms with Gasteiger partial charge in [-0.1, -0.05) is 24.3 Å². The zero-order valence-electron chi connectivity index (χ0n) is 20.4. The second-order valence-electron chi connectivity index (χ2n) is 8.49. The van der Waals surface area contributed by atoms with E-state index < -0.39 is 11.7 Å². The fourth-order valence-corrected chi connectivity index (χ4v) is 4.25. The van der Waals surface area contributed by atoms with Crippen molar-refractivity contribution in [1.82, 2.24) is 14.5 Å². The summed E-state index contributed by atoms with van der Waals surface area (Å²) < 4.78 is 51.5. The van der Waals surface area contributed by atoms with E-state index in [1.54, 1.807) is 23.9 Å². The van der Waals surface area contributed by atoms with E-state index >= 15 is 0 Å². The van der Waals surface area contributed by atoms with Crippen LogP contribution in [0.1, 0.15) is 46.9 Å².